The number of nitro groups is 2. The van der Waals surface area contributed by atoms with Crippen LogP contribution in [-0.4, -0.2) is 31.2 Å². The van der Waals surface area contributed by atoms with Gasteiger partial charge in [-0.15, -0.1) is 0 Å². The second kappa shape index (κ2) is 6.33. The van der Waals surface area contributed by atoms with E-state index in [0.29, 0.717) is 17.8 Å². The van der Waals surface area contributed by atoms with Crippen LogP contribution < -0.4 is 0 Å². The molecule has 0 aliphatic carbocycles. The maximum absolute atomic E-state index is 11.3. The topological polar surface area (TPSA) is 143 Å². The van der Waals surface area contributed by atoms with Crippen LogP contribution in [0.1, 0.15) is 17.8 Å². The van der Waals surface area contributed by atoms with E-state index in [1.165, 1.54) is 0 Å². The molecule has 0 bridgehead atoms. The van der Waals surface area contributed by atoms with Gasteiger partial charge in [0, 0.05) is 18.8 Å². The van der Waals surface area contributed by atoms with Gasteiger partial charge in [-0.2, -0.15) is 0 Å². The summed E-state index contributed by atoms with van der Waals surface area (Å²) in [7, 11) is 0. The maximum atomic E-state index is 11.3. The molecule has 0 atom stereocenters. The summed E-state index contributed by atoms with van der Waals surface area (Å²) in [6.45, 7) is 0. The third-order valence-corrected chi connectivity index (χ3v) is 4.13. The molecule has 0 fully saturated rings. The summed E-state index contributed by atoms with van der Waals surface area (Å²) in [5.41, 5.74) is 1.90. The van der Waals surface area contributed by atoms with E-state index in [-0.39, 0.29) is 11.4 Å². The molecule has 1 aliphatic heterocycles. The Morgan fingerprint density at radius 3 is 1.59 bits per heavy atom. The SMILES string of the molecule is O=[N+]([O-])c1cc2c(cc1[N+](=O)[O-])N=C(c1ccc[nH]1)CC(c1ccc[nH]1)=N2. The van der Waals surface area contributed by atoms with Gasteiger partial charge in [-0.1, -0.05) is 0 Å². The van der Waals surface area contributed by atoms with Crippen molar-refractivity contribution >= 4 is 34.2 Å². The first-order chi connectivity index (χ1) is 13.0. The van der Waals surface area contributed by atoms with Crippen molar-refractivity contribution in [2.45, 2.75) is 6.42 Å². The second-order valence-corrected chi connectivity index (χ2v) is 5.81. The number of aromatic amines is 2. The predicted octanol–water partition coefficient (Wildman–Crippen LogP) is 3.80. The average molecular weight is 364 g/mol. The first-order valence-electron chi connectivity index (χ1n) is 7.92. The molecule has 0 unspecified atom stereocenters. The molecule has 134 valence electrons. The molecule has 1 aromatic carbocycles. The van der Waals surface area contributed by atoms with Crippen LogP contribution >= 0.6 is 0 Å². The molecule has 0 spiro atoms. The van der Waals surface area contributed by atoms with Crippen LogP contribution in [0, 0.1) is 20.2 Å². The van der Waals surface area contributed by atoms with E-state index in [0.717, 1.165) is 23.5 Å². The van der Waals surface area contributed by atoms with E-state index in [4.69, 9.17) is 0 Å². The van der Waals surface area contributed by atoms with Crippen molar-refractivity contribution in [3.8, 4) is 0 Å². The fraction of sp³-hybridized carbons (Fsp3) is 0.0588. The molecular weight excluding hydrogens is 352 g/mol. The lowest BCUT2D eigenvalue weighted by Gasteiger charge is -2.04. The minimum atomic E-state index is -0.789. The zero-order valence-corrected chi connectivity index (χ0v) is 13.7. The molecule has 0 radical (unpaired) electrons. The van der Waals surface area contributed by atoms with Gasteiger partial charge in [0.25, 0.3) is 0 Å². The number of nitrogens with one attached hydrogen (secondary N) is 2. The molecule has 10 nitrogen and oxygen atoms in total. The Kier molecular flexibility index (Phi) is 3.84. The van der Waals surface area contributed by atoms with Crippen molar-refractivity contribution in [2.24, 2.45) is 9.98 Å². The van der Waals surface area contributed by atoms with Gasteiger partial charge in [0.2, 0.25) is 0 Å². The van der Waals surface area contributed by atoms with E-state index in [9.17, 15) is 20.2 Å². The number of nitro benzene ring substituents is 2. The summed E-state index contributed by atoms with van der Waals surface area (Å²) < 4.78 is 0. The number of aromatic nitrogens is 2. The normalized spacial score (nSPS) is 13.3. The van der Waals surface area contributed by atoms with Gasteiger partial charge in [-0.25, -0.2) is 9.98 Å². The van der Waals surface area contributed by atoms with Crippen LogP contribution in [0.25, 0.3) is 0 Å². The quantitative estimate of drug-likeness (QED) is 0.536. The molecule has 1 aliphatic rings. The van der Waals surface area contributed by atoms with Gasteiger partial charge < -0.3 is 9.97 Å². The van der Waals surface area contributed by atoms with Crippen molar-refractivity contribution in [3.63, 3.8) is 0 Å². The zero-order valence-electron chi connectivity index (χ0n) is 13.7. The predicted molar refractivity (Wildman–Crippen MR) is 98.3 cm³/mol. The Bertz CT molecular complexity index is 1010. The number of hydrogen-bond acceptors (Lipinski definition) is 6. The monoisotopic (exact) mass is 364 g/mol. The summed E-state index contributed by atoms with van der Waals surface area (Å²) in [6.07, 6.45) is 3.83. The summed E-state index contributed by atoms with van der Waals surface area (Å²) in [4.78, 5) is 36.1. The highest BCUT2D eigenvalue weighted by atomic mass is 16.6. The van der Waals surface area contributed by atoms with Gasteiger partial charge >= 0.3 is 11.4 Å². The van der Waals surface area contributed by atoms with Crippen molar-refractivity contribution in [3.05, 3.63) is 80.4 Å². The number of rotatable bonds is 4. The lowest BCUT2D eigenvalue weighted by Crippen LogP contribution is -2.10. The zero-order chi connectivity index (χ0) is 19.0. The number of fused-ring (bicyclic) bond motifs is 1. The third-order valence-electron chi connectivity index (χ3n) is 4.13. The fourth-order valence-electron chi connectivity index (χ4n) is 2.89. The van der Waals surface area contributed by atoms with Crippen LogP contribution in [0.4, 0.5) is 22.7 Å². The molecule has 3 heterocycles. The minimum Gasteiger partial charge on any atom is -0.360 e. The number of hydrogen-bond donors (Lipinski definition) is 2. The minimum absolute atomic E-state index is 0.207. The first kappa shape index (κ1) is 16.4. The highest BCUT2D eigenvalue weighted by Gasteiger charge is 2.28. The van der Waals surface area contributed by atoms with Crippen molar-refractivity contribution in [1.82, 2.24) is 9.97 Å². The van der Waals surface area contributed by atoms with E-state index in [2.05, 4.69) is 20.0 Å². The molecule has 27 heavy (non-hydrogen) atoms. The van der Waals surface area contributed by atoms with Gasteiger partial charge in [-0.3, -0.25) is 20.2 Å². The Morgan fingerprint density at radius 1 is 0.815 bits per heavy atom. The van der Waals surface area contributed by atoms with Crippen molar-refractivity contribution in [2.75, 3.05) is 0 Å². The maximum Gasteiger partial charge on any atom is 0.348 e. The lowest BCUT2D eigenvalue weighted by molar-refractivity contribution is -0.422. The standard InChI is InChI=1S/C17H12N6O4/c24-22(25)16-8-14-15(9-17(16)23(26)27)21-13(11-4-2-6-19-11)7-12(20-14)10-3-1-5-18-10/h1-6,8-9,18-19H,7H2. The van der Waals surface area contributed by atoms with Crippen LogP contribution in [0.15, 0.2) is 58.8 Å². The highest BCUT2D eigenvalue weighted by molar-refractivity contribution is 6.19. The van der Waals surface area contributed by atoms with Crippen LogP contribution in [-0.2, 0) is 0 Å². The summed E-state index contributed by atoms with van der Waals surface area (Å²) in [5.74, 6) is 0. The van der Waals surface area contributed by atoms with Crippen LogP contribution in [0.3, 0.4) is 0 Å². The lowest BCUT2D eigenvalue weighted by atomic mass is 10.1. The number of benzene rings is 1. The van der Waals surface area contributed by atoms with Crippen molar-refractivity contribution in [1.29, 1.82) is 0 Å². The Hall–Kier alpha value is -4.08. The van der Waals surface area contributed by atoms with E-state index in [1.54, 1.807) is 12.4 Å². The van der Waals surface area contributed by atoms with E-state index >= 15 is 0 Å². The fourth-order valence-corrected chi connectivity index (χ4v) is 2.89. The summed E-state index contributed by atoms with van der Waals surface area (Å²) >= 11 is 0. The van der Waals surface area contributed by atoms with Gasteiger partial charge in [0.15, 0.2) is 0 Å². The summed E-state index contributed by atoms with van der Waals surface area (Å²) in [5, 5.41) is 22.5. The molecular formula is C17H12N6O4. The van der Waals surface area contributed by atoms with Gasteiger partial charge in [0.05, 0.1) is 56.2 Å². The van der Waals surface area contributed by atoms with E-state index < -0.39 is 21.2 Å². The Balaban J connectivity index is 1.97. The molecule has 10 heteroatoms. The smallest absolute Gasteiger partial charge is 0.348 e. The average Bonchev–Trinajstić information content (AvgIpc) is 3.31. The number of aliphatic imine (C=N–C) groups is 2. The molecule has 2 N–H and O–H groups in total. The Labute approximate surface area is 151 Å². The molecule has 0 saturated heterocycles. The number of nitrogens with zero attached hydrogens (tertiary/aromatic N) is 4. The highest BCUT2D eigenvalue weighted by Crippen LogP contribution is 2.41. The molecule has 3 aromatic rings. The van der Waals surface area contributed by atoms with E-state index in [1.807, 2.05) is 24.3 Å². The molecule has 2 aromatic heterocycles. The summed E-state index contributed by atoms with van der Waals surface area (Å²) in [6, 6.07) is 9.47. The van der Waals surface area contributed by atoms with Gasteiger partial charge in [-0.05, 0) is 24.3 Å². The molecule has 4 rings (SSSR count). The molecule has 0 amide bonds. The largest absolute Gasteiger partial charge is 0.360 e. The Morgan fingerprint density at radius 2 is 1.26 bits per heavy atom. The van der Waals surface area contributed by atoms with Crippen LogP contribution in [0.5, 0.6) is 0 Å². The number of H-pyrrole nitrogens is 2. The third kappa shape index (κ3) is 2.99. The molecule has 0 saturated carbocycles. The van der Waals surface area contributed by atoms with Crippen molar-refractivity contribution < 1.29 is 9.85 Å². The first-order valence-corrected chi connectivity index (χ1v) is 7.92. The van der Waals surface area contributed by atoms with Gasteiger partial charge in [0.1, 0.15) is 0 Å². The van der Waals surface area contributed by atoms with Crippen LogP contribution in [0.2, 0.25) is 0 Å². The second-order valence-electron chi connectivity index (χ2n) is 5.81.